The summed E-state index contributed by atoms with van der Waals surface area (Å²) >= 11 is 0. The molecule has 0 aliphatic rings. The van der Waals surface area contributed by atoms with E-state index < -0.39 is 0 Å². The molecular formula is C16H16O4. The van der Waals surface area contributed by atoms with Crippen LogP contribution in [-0.4, -0.2) is 19.7 Å². The number of methoxy groups -OCH3 is 1. The number of hydrogen-bond acceptors (Lipinski definition) is 4. The molecule has 0 fully saturated rings. The summed E-state index contributed by atoms with van der Waals surface area (Å²) < 4.78 is 15.5. The zero-order valence-corrected chi connectivity index (χ0v) is 11.5. The fourth-order valence-electron chi connectivity index (χ4n) is 1.69. The third-order valence-corrected chi connectivity index (χ3v) is 2.67. The quantitative estimate of drug-likeness (QED) is 0.617. The Bertz CT molecular complexity index is 593. The Morgan fingerprint density at radius 2 is 1.95 bits per heavy atom. The minimum absolute atomic E-state index is 0.360. The van der Waals surface area contributed by atoms with E-state index in [1.807, 2.05) is 30.3 Å². The predicted octanol–water partition coefficient (Wildman–Crippen LogP) is 3.53. The first kappa shape index (κ1) is 13.9. The summed E-state index contributed by atoms with van der Waals surface area (Å²) in [5, 5.41) is 0. The molecule has 0 atom stereocenters. The molecule has 104 valence electrons. The van der Waals surface area contributed by atoms with Crippen LogP contribution in [0.25, 0.3) is 17.4 Å². The molecule has 0 N–H and O–H groups in total. The molecule has 4 heteroatoms. The van der Waals surface area contributed by atoms with E-state index in [1.165, 1.54) is 6.08 Å². The SMILES string of the molecule is CCOC(=O)/C=C/c1ccc(-c2ccc(OC)cc2)o1. The van der Waals surface area contributed by atoms with E-state index in [4.69, 9.17) is 13.9 Å². The van der Waals surface area contributed by atoms with Crippen LogP contribution < -0.4 is 4.74 Å². The van der Waals surface area contributed by atoms with Crippen LogP contribution in [0, 0.1) is 0 Å². The molecule has 2 aromatic rings. The number of furan rings is 1. The molecule has 1 aromatic heterocycles. The van der Waals surface area contributed by atoms with E-state index in [9.17, 15) is 4.79 Å². The average molecular weight is 272 g/mol. The summed E-state index contributed by atoms with van der Waals surface area (Å²) in [6, 6.07) is 11.2. The van der Waals surface area contributed by atoms with Crippen molar-refractivity contribution in [3.05, 3.63) is 48.2 Å². The van der Waals surface area contributed by atoms with Crippen molar-refractivity contribution in [3.63, 3.8) is 0 Å². The minimum Gasteiger partial charge on any atom is -0.497 e. The number of ether oxygens (including phenoxy) is 2. The van der Waals surface area contributed by atoms with Gasteiger partial charge in [0.25, 0.3) is 0 Å². The number of esters is 1. The smallest absolute Gasteiger partial charge is 0.330 e. The summed E-state index contributed by atoms with van der Waals surface area (Å²) in [7, 11) is 1.63. The molecular weight excluding hydrogens is 256 g/mol. The third-order valence-electron chi connectivity index (χ3n) is 2.67. The normalized spacial score (nSPS) is 10.7. The van der Waals surface area contributed by atoms with Crippen molar-refractivity contribution < 1.29 is 18.7 Å². The van der Waals surface area contributed by atoms with E-state index in [2.05, 4.69) is 0 Å². The molecule has 0 spiro atoms. The van der Waals surface area contributed by atoms with Crippen molar-refractivity contribution >= 4 is 12.0 Å². The molecule has 0 amide bonds. The number of benzene rings is 1. The highest BCUT2D eigenvalue weighted by molar-refractivity contribution is 5.86. The fourth-order valence-corrected chi connectivity index (χ4v) is 1.69. The van der Waals surface area contributed by atoms with E-state index >= 15 is 0 Å². The van der Waals surface area contributed by atoms with E-state index in [0.29, 0.717) is 12.4 Å². The van der Waals surface area contributed by atoms with Gasteiger partial charge in [-0.2, -0.15) is 0 Å². The average Bonchev–Trinajstić information content (AvgIpc) is 2.94. The maximum Gasteiger partial charge on any atom is 0.330 e. The summed E-state index contributed by atoms with van der Waals surface area (Å²) in [5.41, 5.74) is 0.946. The van der Waals surface area contributed by atoms with Crippen LogP contribution >= 0.6 is 0 Å². The van der Waals surface area contributed by atoms with Gasteiger partial charge in [0.15, 0.2) is 0 Å². The molecule has 4 nitrogen and oxygen atoms in total. The second kappa shape index (κ2) is 6.61. The van der Waals surface area contributed by atoms with Crippen LogP contribution in [0.3, 0.4) is 0 Å². The van der Waals surface area contributed by atoms with Gasteiger partial charge in [-0.1, -0.05) is 0 Å². The van der Waals surface area contributed by atoms with Crippen molar-refractivity contribution in [2.45, 2.75) is 6.92 Å². The minimum atomic E-state index is -0.380. The Morgan fingerprint density at radius 1 is 1.20 bits per heavy atom. The Kier molecular flexibility index (Phi) is 4.60. The lowest BCUT2D eigenvalue weighted by atomic mass is 10.2. The number of carbonyl (C=O) groups excluding carboxylic acids is 1. The van der Waals surface area contributed by atoms with Crippen molar-refractivity contribution in [3.8, 4) is 17.1 Å². The number of carbonyl (C=O) groups is 1. The van der Waals surface area contributed by atoms with Gasteiger partial charge in [0.05, 0.1) is 13.7 Å². The summed E-state index contributed by atoms with van der Waals surface area (Å²) in [4.78, 5) is 11.2. The van der Waals surface area contributed by atoms with Gasteiger partial charge in [0.1, 0.15) is 17.3 Å². The number of hydrogen-bond donors (Lipinski definition) is 0. The second-order valence-corrected chi connectivity index (χ2v) is 4.02. The molecule has 1 heterocycles. The van der Waals surface area contributed by atoms with Crippen molar-refractivity contribution in [2.24, 2.45) is 0 Å². The van der Waals surface area contributed by atoms with Crippen molar-refractivity contribution in [1.82, 2.24) is 0 Å². The van der Waals surface area contributed by atoms with Gasteiger partial charge < -0.3 is 13.9 Å². The molecule has 0 aliphatic carbocycles. The Morgan fingerprint density at radius 3 is 2.60 bits per heavy atom. The van der Waals surface area contributed by atoms with Crippen LogP contribution in [-0.2, 0) is 9.53 Å². The summed E-state index contributed by atoms with van der Waals surface area (Å²) in [6.07, 6.45) is 2.94. The molecule has 20 heavy (non-hydrogen) atoms. The van der Waals surface area contributed by atoms with Crippen LogP contribution in [0.1, 0.15) is 12.7 Å². The number of rotatable bonds is 5. The fraction of sp³-hybridized carbons (Fsp3) is 0.188. The maximum atomic E-state index is 11.2. The Balaban J connectivity index is 2.09. The van der Waals surface area contributed by atoms with E-state index in [-0.39, 0.29) is 5.97 Å². The van der Waals surface area contributed by atoms with E-state index in [1.54, 1.807) is 26.2 Å². The Hall–Kier alpha value is -2.49. The highest BCUT2D eigenvalue weighted by Crippen LogP contribution is 2.24. The molecule has 2 rings (SSSR count). The first-order valence-electron chi connectivity index (χ1n) is 6.32. The van der Waals surface area contributed by atoms with Gasteiger partial charge in [-0.15, -0.1) is 0 Å². The first-order valence-corrected chi connectivity index (χ1v) is 6.32. The first-order chi connectivity index (χ1) is 9.72. The maximum absolute atomic E-state index is 11.2. The molecule has 0 radical (unpaired) electrons. The lowest BCUT2D eigenvalue weighted by molar-refractivity contribution is -0.137. The Labute approximate surface area is 117 Å². The van der Waals surface area contributed by atoms with Gasteiger partial charge in [0.2, 0.25) is 0 Å². The molecule has 0 saturated carbocycles. The van der Waals surface area contributed by atoms with Gasteiger partial charge >= 0.3 is 5.97 Å². The summed E-state index contributed by atoms with van der Waals surface area (Å²) in [5.74, 6) is 1.75. The lowest BCUT2D eigenvalue weighted by Crippen LogP contribution is -1.98. The van der Waals surface area contributed by atoms with Gasteiger partial charge in [-0.3, -0.25) is 0 Å². The van der Waals surface area contributed by atoms with Crippen LogP contribution in [0.2, 0.25) is 0 Å². The predicted molar refractivity (Wildman–Crippen MR) is 76.4 cm³/mol. The zero-order valence-electron chi connectivity index (χ0n) is 11.5. The molecule has 0 bridgehead atoms. The summed E-state index contributed by atoms with van der Waals surface area (Å²) in [6.45, 7) is 2.12. The largest absolute Gasteiger partial charge is 0.497 e. The van der Waals surface area contributed by atoms with Crippen LogP contribution in [0.15, 0.2) is 46.9 Å². The molecule has 0 unspecified atom stereocenters. The lowest BCUT2D eigenvalue weighted by Gasteiger charge is -2.00. The highest BCUT2D eigenvalue weighted by Gasteiger charge is 2.04. The van der Waals surface area contributed by atoms with E-state index in [0.717, 1.165) is 17.1 Å². The van der Waals surface area contributed by atoms with Crippen molar-refractivity contribution in [1.29, 1.82) is 0 Å². The van der Waals surface area contributed by atoms with Gasteiger partial charge in [-0.25, -0.2) is 4.79 Å². The monoisotopic (exact) mass is 272 g/mol. The molecule has 0 aliphatic heterocycles. The van der Waals surface area contributed by atoms with Crippen LogP contribution in [0.4, 0.5) is 0 Å². The standard InChI is InChI=1S/C16H16O4/c1-3-19-16(17)11-9-14-8-10-15(20-14)12-4-6-13(18-2)7-5-12/h4-11H,3H2,1-2H3/b11-9+. The zero-order chi connectivity index (χ0) is 14.4. The van der Waals surface area contributed by atoms with Gasteiger partial charge in [-0.05, 0) is 49.4 Å². The topological polar surface area (TPSA) is 48.7 Å². The van der Waals surface area contributed by atoms with Gasteiger partial charge in [0, 0.05) is 11.6 Å². The third kappa shape index (κ3) is 3.51. The highest BCUT2D eigenvalue weighted by atomic mass is 16.5. The van der Waals surface area contributed by atoms with Crippen molar-refractivity contribution in [2.75, 3.05) is 13.7 Å². The van der Waals surface area contributed by atoms with Crippen LogP contribution in [0.5, 0.6) is 5.75 Å². The molecule has 1 aromatic carbocycles. The molecule has 0 saturated heterocycles. The second-order valence-electron chi connectivity index (χ2n) is 4.02.